The van der Waals surface area contributed by atoms with Crippen molar-refractivity contribution >= 4 is 15.9 Å². The Morgan fingerprint density at radius 2 is 1.64 bits per heavy atom. The summed E-state index contributed by atoms with van der Waals surface area (Å²) in [5.41, 5.74) is 4.33. The van der Waals surface area contributed by atoms with Gasteiger partial charge in [0.2, 0.25) is 10.0 Å². The molecule has 1 N–H and O–H groups in total. The molecule has 1 aliphatic rings. The Kier molecular flexibility index (Phi) is 5.91. The molecular formula is C22H28N2O3S. The van der Waals surface area contributed by atoms with Gasteiger partial charge in [0, 0.05) is 18.7 Å². The molecule has 5 nitrogen and oxygen atoms in total. The Morgan fingerprint density at radius 3 is 2.32 bits per heavy atom. The van der Waals surface area contributed by atoms with Gasteiger partial charge >= 0.3 is 0 Å². The summed E-state index contributed by atoms with van der Waals surface area (Å²) in [4.78, 5) is 13.0. The van der Waals surface area contributed by atoms with E-state index in [9.17, 15) is 13.2 Å². The molecule has 0 radical (unpaired) electrons. The van der Waals surface area contributed by atoms with Gasteiger partial charge in [0.05, 0.1) is 10.9 Å². The number of nitrogens with one attached hydrogen (secondary N) is 1. The zero-order valence-electron chi connectivity index (χ0n) is 17.0. The smallest absolute Gasteiger partial charge is 0.251 e. The van der Waals surface area contributed by atoms with Crippen molar-refractivity contribution in [1.29, 1.82) is 0 Å². The molecule has 1 heterocycles. The molecule has 0 aromatic heterocycles. The van der Waals surface area contributed by atoms with Gasteiger partial charge in [-0.1, -0.05) is 29.8 Å². The number of hydrogen-bond donors (Lipinski definition) is 1. The van der Waals surface area contributed by atoms with Crippen LogP contribution in [0.15, 0.2) is 41.3 Å². The number of sulfonamides is 1. The van der Waals surface area contributed by atoms with Crippen LogP contribution in [0.5, 0.6) is 0 Å². The molecule has 150 valence electrons. The van der Waals surface area contributed by atoms with Gasteiger partial charge in [-0.05, 0) is 69.4 Å². The van der Waals surface area contributed by atoms with E-state index in [2.05, 4.69) is 11.4 Å². The van der Waals surface area contributed by atoms with Crippen LogP contribution in [0.1, 0.15) is 58.4 Å². The highest BCUT2D eigenvalue weighted by molar-refractivity contribution is 7.89. The fourth-order valence-electron chi connectivity index (χ4n) is 3.67. The van der Waals surface area contributed by atoms with E-state index in [0.717, 1.165) is 29.5 Å². The molecule has 0 aliphatic carbocycles. The monoisotopic (exact) mass is 400 g/mol. The molecule has 0 bridgehead atoms. The molecule has 1 atom stereocenters. The normalized spacial score (nSPS) is 16.1. The molecule has 0 spiro atoms. The topological polar surface area (TPSA) is 66.5 Å². The number of aryl methyl sites for hydroxylation is 3. The number of benzene rings is 2. The van der Waals surface area contributed by atoms with E-state index in [1.807, 2.05) is 32.9 Å². The number of carbonyl (C=O) groups is 1. The van der Waals surface area contributed by atoms with Gasteiger partial charge in [-0.15, -0.1) is 0 Å². The van der Waals surface area contributed by atoms with Gasteiger partial charge in [0.1, 0.15) is 0 Å². The first kappa shape index (κ1) is 20.6. The maximum Gasteiger partial charge on any atom is 0.251 e. The Morgan fingerprint density at radius 1 is 1.00 bits per heavy atom. The first-order valence-electron chi connectivity index (χ1n) is 9.69. The summed E-state index contributed by atoms with van der Waals surface area (Å²) < 4.78 is 27.4. The second-order valence-corrected chi connectivity index (χ2v) is 9.55. The summed E-state index contributed by atoms with van der Waals surface area (Å²) in [5, 5.41) is 3.00. The summed E-state index contributed by atoms with van der Waals surface area (Å²) >= 11 is 0. The van der Waals surface area contributed by atoms with E-state index in [-0.39, 0.29) is 16.8 Å². The van der Waals surface area contributed by atoms with Crippen molar-refractivity contribution in [3.63, 3.8) is 0 Å². The standard InChI is InChI=1S/C22H28N2O3S/c1-15-7-8-16(2)20(13-15)18(4)23-22(25)19-10-9-17(3)21(14-19)28(26,27)24-11-5-6-12-24/h7-10,13-14,18H,5-6,11-12H2,1-4H3,(H,23,25). The largest absolute Gasteiger partial charge is 0.346 e. The number of amides is 1. The van der Waals surface area contributed by atoms with Crippen molar-refractivity contribution < 1.29 is 13.2 Å². The third-order valence-corrected chi connectivity index (χ3v) is 7.42. The van der Waals surface area contributed by atoms with Crippen molar-refractivity contribution in [3.8, 4) is 0 Å². The van der Waals surface area contributed by atoms with E-state index in [0.29, 0.717) is 24.2 Å². The molecule has 1 saturated heterocycles. The van der Waals surface area contributed by atoms with Crippen molar-refractivity contribution in [2.75, 3.05) is 13.1 Å². The van der Waals surface area contributed by atoms with Gasteiger partial charge in [-0.2, -0.15) is 4.31 Å². The van der Waals surface area contributed by atoms with Crippen LogP contribution in [0.3, 0.4) is 0 Å². The van der Waals surface area contributed by atoms with Crippen molar-refractivity contribution in [2.24, 2.45) is 0 Å². The molecule has 1 unspecified atom stereocenters. The third kappa shape index (κ3) is 4.13. The fourth-order valence-corrected chi connectivity index (χ4v) is 5.44. The molecule has 28 heavy (non-hydrogen) atoms. The average molecular weight is 401 g/mol. The third-order valence-electron chi connectivity index (χ3n) is 5.38. The molecule has 2 aromatic rings. The maximum atomic E-state index is 13.0. The van der Waals surface area contributed by atoms with Crippen LogP contribution < -0.4 is 5.32 Å². The minimum absolute atomic E-state index is 0.174. The van der Waals surface area contributed by atoms with Gasteiger partial charge in [0.15, 0.2) is 0 Å². The summed E-state index contributed by atoms with van der Waals surface area (Å²) in [6.07, 6.45) is 1.76. The molecule has 1 fully saturated rings. The average Bonchev–Trinajstić information content (AvgIpc) is 3.19. The second-order valence-electron chi connectivity index (χ2n) is 7.65. The molecule has 0 saturated carbocycles. The minimum atomic E-state index is -3.57. The van der Waals surface area contributed by atoms with E-state index in [1.54, 1.807) is 19.1 Å². The highest BCUT2D eigenvalue weighted by Gasteiger charge is 2.29. The number of rotatable bonds is 5. The number of carbonyl (C=O) groups excluding carboxylic acids is 1. The Bertz CT molecular complexity index is 993. The van der Waals surface area contributed by atoms with Gasteiger partial charge in [-0.25, -0.2) is 8.42 Å². The van der Waals surface area contributed by atoms with Crippen molar-refractivity contribution in [3.05, 3.63) is 64.2 Å². The predicted octanol–water partition coefficient (Wildman–Crippen LogP) is 3.89. The molecule has 2 aromatic carbocycles. The SMILES string of the molecule is Cc1ccc(C)c(C(C)NC(=O)c2ccc(C)c(S(=O)(=O)N3CCCC3)c2)c1. The van der Waals surface area contributed by atoms with Gasteiger partial charge in [0.25, 0.3) is 5.91 Å². The lowest BCUT2D eigenvalue weighted by atomic mass is 9.99. The van der Waals surface area contributed by atoms with Crippen LogP contribution >= 0.6 is 0 Å². The highest BCUT2D eigenvalue weighted by atomic mass is 32.2. The van der Waals surface area contributed by atoms with Crippen LogP contribution in [-0.4, -0.2) is 31.7 Å². The Hall–Kier alpha value is -2.18. The Balaban J connectivity index is 1.85. The molecular weight excluding hydrogens is 372 g/mol. The maximum absolute atomic E-state index is 13.0. The summed E-state index contributed by atoms with van der Waals surface area (Å²) in [5.74, 6) is -0.272. The van der Waals surface area contributed by atoms with Crippen molar-refractivity contribution in [1.82, 2.24) is 9.62 Å². The number of hydrogen-bond acceptors (Lipinski definition) is 3. The minimum Gasteiger partial charge on any atom is -0.346 e. The Labute approximate surface area is 167 Å². The van der Waals surface area contributed by atoms with Crippen LogP contribution in [-0.2, 0) is 10.0 Å². The summed E-state index contributed by atoms with van der Waals surface area (Å²) in [7, 11) is -3.57. The molecule has 6 heteroatoms. The quantitative estimate of drug-likeness (QED) is 0.828. The van der Waals surface area contributed by atoms with Gasteiger partial charge < -0.3 is 5.32 Å². The van der Waals surface area contributed by atoms with Crippen LogP contribution in [0.2, 0.25) is 0 Å². The first-order chi connectivity index (χ1) is 13.2. The van der Waals surface area contributed by atoms with Crippen LogP contribution in [0, 0.1) is 20.8 Å². The predicted molar refractivity (Wildman–Crippen MR) is 111 cm³/mol. The van der Waals surface area contributed by atoms with E-state index < -0.39 is 10.0 Å². The lowest BCUT2D eigenvalue weighted by molar-refractivity contribution is 0.0939. The summed E-state index contributed by atoms with van der Waals surface area (Å²) in [6.45, 7) is 8.83. The lowest BCUT2D eigenvalue weighted by Gasteiger charge is -2.19. The van der Waals surface area contributed by atoms with E-state index >= 15 is 0 Å². The first-order valence-corrected chi connectivity index (χ1v) is 11.1. The van der Waals surface area contributed by atoms with E-state index in [1.165, 1.54) is 10.4 Å². The lowest BCUT2D eigenvalue weighted by Crippen LogP contribution is -2.30. The van der Waals surface area contributed by atoms with Crippen LogP contribution in [0.4, 0.5) is 0 Å². The fraction of sp³-hybridized carbons (Fsp3) is 0.409. The molecule has 1 aliphatic heterocycles. The zero-order chi connectivity index (χ0) is 20.5. The highest BCUT2D eigenvalue weighted by Crippen LogP contribution is 2.25. The zero-order valence-corrected chi connectivity index (χ0v) is 17.8. The molecule has 3 rings (SSSR count). The summed E-state index contributed by atoms with van der Waals surface area (Å²) in [6, 6.07) is 10.9. The van der Waals surface area contributed by atoms with Gasteiger partial charge in [-0.3, -0.25) is 4.79 Å². The van der Waals surface area contributed by atoms with Crippen LogP contribution in [0.25, 0.3) is 0 Å². The van der Waals surface area contributed by atoms with E-state index in [4.69, 9.17) is 0 Å². The van der Waals surface area contributed by atoms with Crippen molar-refractivity contribution in [2.45, 2.75) is 51.5 Å². The molecule has 1 amide bonds. The second kappa shape index (κ2) is 8.05. The number of nitrogens with zero attached hydrogens (tertiary/aromatic N) is 1.